The van der Waals surface area contributed by atoms with E-state index in [2.05, 4.69) is 141 Å². The summed E-state index contributed by atoms with van der Waals surface area (Å²) in [6.07, 6.45) is 0. The zero-order valence-electron chi connectivity index (χ0n) is 72.3. The molecule has 5 nitrogen and oxygen atoms in total. The average Bonchev–Trinajstić information content (AvgIpc) is 1.09. The number of nitrogens with zero attached hydrogens (tertiary/aromatic N) is 4. The third-order valence-electron chi connectivity index (χ3n) is 19.8. The summed E-state index contributed by atoms with van der Waals surface area (Å²) in [5, 5.41) is 2.85. The smallest absolute Gasteiger partial charge is 0.252 e. The Labute approximate surface area is 596 Å². The Morgan fingerprint density at radius 3 is 1.30 bits per heavy atom. The highest BCUT2D eigenvalue weighted by Gasteiger charge is 2.46. The number of hydrogen-bond donors (Lipinski definition) is 0. The van der Waals surface area contributed by atoms with E-state index in [1.54, 1.807) is 24.3 Å². The van der Waals surface area contributed by atoms with Crippen molar-refractivity contribution in [1.82, 2.24) is 9.13 Å². The lowest BCUT2D eigenvalue weighted by Crippen LogP contribution is -2.61. The van der Waals surface area contributed by atoms with Gasteiger partial charge in [-0.2, -0.15) is 0 Å². The highest BCUT2D eigenvalue weighted by molar-refractivity contribution is 7.00. The first kappa shape index (κ1) is 41.9. The zero-order valence-corrected chi connectivity index (χ0v) is 54.3. The van der Waals surface area contributed by atoms with Crippen LogP contribution >= 0.6 is 0 Å². The first-order valence-electron chi connectivity index (χ1n) is 41.9. The molecule has 14 aromatic carbocycles. The molecule has 2 aliphatic rings. The van der Waals surface area contributed by atoms with E-state index in [0.29, 0.717) is 55.9 Å². The van der Waals surface area contributed by atoms with Crippen molar-refractivity contribution in [3.8, 4) is 55.9 Å². The van der Waals surface area contributed by atoms with Gasteiger partial charge in [-0.05, 0) is 144 Å². The summed E-state index contributed by atoms with van der Waals surface area (Å²) in [7, 11) is 0. The van der Waals surface area contributed by atoms with Crippen molar-refractivity contribution < 1.29 is 29.1 Å². The van der Waals surface area contributed by atoms with Crippen molar-refractivity contribution in [3.05, 3.63) is 320 Å². The quantitative estimate of drug-likeness (QED) is 0.142. The van der Waals surface area contributed by atoms with Gasteiger partial charge in [0.25, 0.3) is 6.71 Å². The highest BCUT2D eigenvalue weighted by Crippen LogP contribution is 2.54. The number of furan rings is 1. The fraction of sp³-hybridized carbons (Fsp3) is 0.0870. The molecule has 6 heteroatoms. The van der Waals surface area contributed by atoms with Gasteiger partial charge in [-0.3, -0.25) is 0 Å². The van der Waals surface area contributed by atoms with Crippen molar-refractivity contribution in [1.29, 1.82) is 0 Å². The van der Waals surface area contributed by atoms with E-state index in [0.717, 1.165) is 71.8 Å². The van der Waals surface area contributed by atoms with Crippen LogP contribution in [0, 0.1) is 0 Å². The van der Waals surface area contributed by atoms with Gasteiger partial charge < -0.3 is 23.4 Å². The van der Waals surface area contributed by atoms with Crippen LogP contribution < -0.4 is 26.2 Å². The van der Waals surface area contributed by atoms with Gasteiger partial charge in [-0.25, -0.2) is 0 Å². The largest absolute Gasteiger partial charge is 0.452 e. The van der Waals surface area contributed by atoms with Gasteiger partial charge in [0.2, 0.25) is 0 Å². The molecular formula is C92H69BN4O. The third-order valence-corrected chi connectivity index (χ3v) is 19.8. The maximum absolute atomic E-state index is 9.60. The normalized spacial score (nSPS) is 15.5. The fourth-order valence-electron chi connectivity index (χ4n) is 15.2. The Morgan fingerprint density at radius 2 is 0.776 bits per heavy atom. The molecule has 0 N–H and O–H groups in total. The molecule has 0 radical (unpaired) electrons. The van der Waals surface area contributed by atoms with Crippen LogP contribution in [-0.4, -0.2) is 15.8 Å². The van der Waals surface area contributed by atoms with E-state index in [1.165, 1.54) is 4.57 Å². The maximum Gasteiger partial charge on any atom is 0.252 e. The fourth-order valence-corrected chi connectivity index (χ4v) is 15.2. The first-order valence-corrected chi connectivity index (χ1v) is 32.9. The molecule has 5 heterocycles. The molecule has 0 atom stereocenters. The Morgan fingerprint density at radius 1 is 0.316 bits per heavy atom. The summed E-state index contributed by atoms with van der Waals surface area (Å²) in [6, 6.07) is 57.1. The van der Waals surface area contributed by atoms with Crippen LogP contribution in [0.5, 0.6) is 0 Å². The second-order valence-electron chi connectivity index (χ2n) is 27.5. The van der Waals surface area contributed by atoms with Gasteiger partial charge in [-0.1, -0.05) is 278 Å². The predicted molar refractivity (Wildman–Crippen MR) is 416 cm³/mol. The van der Waals surface area contributed by atoms with Gasteiger partial charge in [0.1, 0.15) is 0 Å². The number of aromatic nitrogens is 2. The van der Waals surface area contributed by atoms with Gasteiger partial charge in [-0.15, -0.1) is 0 Å². The van der Waals surface area contributed by atoms with Crippen LogP contribution in [0.25, 0.3) is 121 Å². The van der Waals surface area contributed by atoms with E-state index < -0.39 is 115 Å². The van der Waals surface area contributed by atoms with Crippen molar-refractivity contribution in [2.24, 2.45) is 0 Å². The van der Waals surface area contributed by atoms with E-state index in [4.69, 9.17) is 18.1 Å². The number of rotatable bonds is 8. The van der Waals surface area contributed by atoms with Crippen LogP contribution in [0.4, 0.5) is 34.1 Å². The molecule has 2 aliphatic heterocycles. The van der Waals surface area contributed by atoms with Crippen molar-refractivity contribution in [3.63, 3.8) is 0 Å². The monoisotopic (exact) mass is 1270 g/mol. The Kier molecular flexibility index (Phi) is 9.33. The number of para-hydroxylation sites is 5. The second-order valence-corrected chi connectivity index (χ2v) is 27.5. The second kappa shape index (κ2) is 21.8. The standard InChI is InChI=1S/C92H69BN4O/c1-91(2,3)64-46-50-79-73(54-64)74-55-65(92(4,5)6)47-51-80(74)94(79)66-56-85-87-86(57-66)97(88-67(60-30-15-9-16-31-60)36-23-37-68(88)61-32-17-10-18-33-61)84-53-63(59-28-13-8-14-29-59)45-49-76(84)93(87)75-48-44-62(58-26-11-7-12-27-58)52-83(75)96(85)82-43-25-39-72-71-38-24-42-81(89(71)98-90(72)82)95-77-40-21-19-34-69(77)70-35-20-22-41-78(70)95/h7-57H,1-6H3/i7D,8D,11D,12D,13D,14D,19D,20D,21D,22D,26D,27D,28D,29D,34D,35D,40D,41D. The molecule has 19 rings (SSSR count). The number of anilines is 6. The molecule has 0 unspecified atom stereocenters. The minimum atomic E-state index is -0.781. The molecule has 98 heavy (non-hydrogen) atoms. The zero-order chi connectivity index (χ0) is 81.4. The maximum atomic E-state index is 9.60. The molecule has 0 fully saturated rings. The topological polar surface area (TPSA) is 29.5 Å². The minimum Gasteiger partial charge on any atom is -0.452 e. The average molecular weight is 1280 g/mol. The van der Waals surface area contributed by atoms with Gasteiger partial charge in [0.05, 0.1) is 69.5 Å². The lowest BCUT2D eigenvalue weighted by molar-refractivity contribution is 0.590. The molecule has 466 valence electrons. The Hall–Kier alpha value is -11.9. The van der Waals surface area contributed by atoms with Gasteiger partial charge in [0, 0.05) is 66.2 Å². The summed E-state index contributed by atoms with van der Waals surface area (Å²) in [6.45, 7) is 12.4. The van der Waals surface area contributed by atoms with Crippen molar-refractivity contribution in [2.45, 2.75) is 52.4 Å². The molecule has 0 spiro atoms. The Balaban J connectivity index is 1.01. The molecule has 0 saturated carbocycles. The molecule has 0 saturated heterocycles. The van der Waals surface area contributed by atoms with Gasteiger partial charge >= 0.3 is 0 Å². The highest BCUT2D eigenvalue weighted by atomic mass is 16.3. The van der Waals surface area contributed by atoms with Crippen molar-refractivity contribution in [2.75, 3.05) is 9.80 Å². The summed E-state index contributed by atoms with van der Waals surface area (Å²) < 4.78 is 178. The lowest BCUT2D eigenvalue weighted by Gasteiger charge is -2.45. The lowest BCUT2D eigenvalue weighted by atomic mass is 9.33. The minimum absolute atomic E-state index is 0.0133. The van der Waals surface area contributed by atoms with E-state index >= 15 is 0 Å². The number of hydrogen-bond acceptors (Lipinski definition) is 3. The van der Waals surface area contributed by atoms with Crippen LogP contribution in [0.3, 0.4) is 0 Å². The molecule has 0 amide bonds. The van der Waals surface area contributed by atoms with Crippen LogP contribution in [0.15, 0.2) is 313 Å². The van der Waals surface area contributed by atoms with Crippen molar-refractivity contribution >= 4 is 123 Å². The van der Waals surface area contributed by atoms with Gasteiger partial charge in [0.15, 0.2) is 11.2 Å². The molecular weight excluding hydrogens is 1190 g/mol. The third kappa shape index (κ3) is 8.87. The van der Waals surface area contributed by atoms with E-state index in [-0.39, 0.29) is 66.2 Å². The Bertz CT molecular complexity index is 6980. The van der Waals surface area contributed by atoms with E-state index in [1.807, 2.05) is 91.0 Å². The molecule has 0 aliphatic carbocycles. The summed E-state index contributed by atoms with van der Waals surface area (Å²) in [5.41, 5.74) is 14.1. The van der Waals surface area contributed by atoms with E-state index in [9.17, 15) is 11.0 Å². The summed E-state index contributed by atoms with van der Waals surface area (Å²) >= 11 is 0. The van der Waals surface area contributed by atoms with Crippen LogP contribution in [0.1, 0.15) is 77.3 Å². The number of benzene rings is 14. The molecule has 3 aromatic heterocycles. The predicted octanol–water partition coefficient (Wildman–Crippen LogP) is 23.1. The van der Waals surface area contributed by atoms with Crippen LogP contribution in [0.2, 0.25) is 0 Å². The number of fused-ring (bicyclic) bond motifs is 13. The first-order chi connectivity index (χ1) is 55.4. The van der Waals surface area contributed by atoms with Crippen LogP contribution in [-0.2, 0) is 10.8 Å². The summed E-state index contributed by atoms with van der Waals surface area (Å²) in [4.78, 5) is 4.36. The SMILES string of the molecule is [2H]c1c([2H])c([2H])c(-c2ccc3c(c2)N(c2c(-c4ccccc4)cccc2-c2ccccc2)c2cc(-n4c5ccc(C(C)(C)C)cc5c5cc(C(C)(C)C)ccc54)cc4c2B3c2ccc(-c3c([2H])c([2H])c([2H])c([2H])c3[2H])cc2N4c2cccc3c2oc2c(-n4c5c([2H])c([2H])c([2H])c([2H])c5c5c([2H])c([2H])c([2H])c([2H])c54)cccc23)c([2H])c1[2H]. The molecule has 0 bridgehead atoms. The molecule has 17 aromatic rings. The summed E-state index contributed by atoms with van der Waals surface area (Å²) in [5.74, 6) is 0.